The zero-order valence-electron chi connectivity index (χ0n) is 12.4. The van der Waals surface area contributed by atoms with Crippen molar-refractivity contribution in [2.24, 2.45) is 5.92 Å². The first kappa shape index (κ1) is 16.4. The highest BCUT2D eigenvalue weighted by Crippen LogP contribution is 2.15. The normalized spacial score (nSPS) is 24.7. The van der Waals surface area contributed by atoms with Crippen LogP contribution in [0.2, 0.25) is 0 Å². The molecule has 112 valence electrons. The van der Waals surface area contributed by atoms with Gasteiger partial charge in [-0.05, 0) is 32.6 Å². The topological polar surface area (TPSA) is 61.8 Å². The molecule has 2 unspecified atom stereocenters. The number of carbonyl (C=O) groups excluding carboxylic acids is 1. The number of nitrogens with zero attached hydrogens (tertiary/aromatic N) is 1. The quantitative estimate of drug-likeness (QED) is 0.667. The third-order valence-corrected chi connectivity index (χ3v) is 3.41. The Balaban J connectivity index is 2.07. The van der Waals surface area contributed by atoms with Gasteiger partial charge in [-0.2, -0.15) is 0 Å². The predicted octanol–water partition coefficient (Wildman–Crippen LogP) is 0.620. The summed E-state index contributed by atoms with van der Waals surface area (Å²) in [5.41, 5.74) is 0. The highest BCUT2D eigenvalue weighted by Gasteiger charge is 2.24. The molecule has 1 aliphatic heterocycles. The monoisotopic (exact) mass is 272 g/mol. The van der Waals surface area contributed by atoms with Gasteiger partial charge in [0.2, 0.25) is 5.91 Å². The minimum absolute atomic E-state index is 0.0631. The number of likely N-dealkylation sites (tertiary alicyclic amines) is 1. The predicted molar refractivity (Wildman–Crippen MR) is 74.9 cm³/mol. The summed E-state index contributed by atoms with van der Waals surface area (Å²) >= 11 is 0. The molecular weight excluding hydrogens is 244 g/mol. The summed E-state index contributed by atoms with van der Waals surface area (Å²) in [5.74, 6) is 0.314. The Hall–Kier alpha value is -0.650. The number of amides is 1. The van der Waals surface area contributed by atoms with E-state index in [0.717, 1.165) is 25.9 Å². The zero-order valence-corrected chi connectivity index (χ0v) is 12.4. The van der Waals surface area contributed by atoms with E-state index >= 15 is 0 Å². The molecule has 0 radical (unpaired) electrons. The third kappa shape index (κ3) is 6.89. The van der Waals surface area contributed by atoms with Crippen LogP contribution in [0.15, 0.2) is 0 Å². The fourth-order valence-corrected chi connectivity index (χ4v) is 2.24. The lowest BCUT2D eigenvalue weighted by Gasteiger charge is -2.33. The maximum Gasteiger partial charge on any atom is 0.234 e. The van der Waals surface area contributed by atoms with Gasteiger partial charge < -0.3 is 15.2 Å². The van der Waals surface area contributed by atoms with E-state index in [1.807, 2.05) is 20.8 Å². The fraction of sp³-hybridized carbons (Fsp3) is 0.929. The Morgan fingerprint density at radius 1 is 1.53 bits per heavy atom. The summed E-state index contributed by atoms with van der Waals surface area (Å²) in [6, 6.07) is 0. The highest BCUT2D eigenvalue weighted by molar-refractivity contribution is 5.77. The molecule has 0 saturated carbocycles. The van der Waals surface area contributed by atoms with E-state index < -0.39 is 0 Å². The van der Waals surface area contributed by atoms with Crippen LogP contribution >= 0.6 is 0 Å². The fourth-order valence-electron chi connectivity index (χ4n) is 2.24. The van der Waals surface area contributed by atoms with Gasteiger partial charge in [0.25, 0.3) is 0 Å². The second kappa shape index (κ2) is 8.51. The summed E-state index contributed by atoms with van der Waals surface area (Å²) in [7, 11) is 0. The smallest absolute Gasteiger partial charge is 0.234 e. The molecule has 1 saturated heterocycles. The van der Waals surface area contributed by atoms with E-state index in [4.69, 9.17) is 4.74 Å². The molecule has 0 bridgehead atoms. The first-order valence-corrected chi connectivity index (χ1v) is 7.27. The lowest BCUT2D eigenvalue weighted by Crippen LogP contribution is -2.46. The van der Waals surface area contributed by atoms with Crippen molar-refractivity contribution in [2.45, 2.75) is 45.8 Å². The van der Waals surface area contributed by atoms with Crippen LogP contribution in [0.4, 0.5) is 0 Å². The Bertz CT molecular complexity index is 271. The van der Waals surface area contributed by atoms with Crippen molar-refractivity contribution in [3.05, 3.63) is 0 Å². The number of aliphatic hydroxyl groups is 1. The second-order valence-corrected chi connectivity index (χ2v) is 5.69. The molecule has 2 N–H and O–H groups in total. The van der Waals surface area contributed by atoms with Crippen molar-refractivity contribution in [3.63, 3.8) is 0 Å². The van der Waals surface area contributed by atoms with E-state index in [-0.39, 0.29) is 24.0 Å². The molecule has 0 aliphatic carbocycles. The summed E-state index contributed by atoms with van der Waals surface area (Å²) in [6.07, 6.45) is 1.64. The van der Waals surface area contributed by atoms with Crippen LogP contribution in [-0.2, 0) is 9.53 Å². The van der Waals surface area contributed by atoms with Gasteiger partial charge >= 0.3 is 0 Å². The third-order valence-electron chi connectivity index (χ3n) is 3.41. The van der Waals surface area contributed by atoms with E-state index in [2.05, 4.69) is 10.2 Å². The standard InChI is InChI=1S/C14H28N2O3/c1-11(2)19-8-4-6-15-14(18)10-16-7-5-13(17)12(3)9-16/h11-13,17H,4-10H2,1-3H3,(H,15,18). The van der Waals surface area contributed by atoms with Crippen molar-refractivity contribution in [1.82, 2.24) is 10.2 Å². The van der Waals surface area contributed by atoms with Gasteiger partial charge in [0.1, 0.15) is 0 Å². The van der Waals surface area contributed by atoms with Gasteiger partial charge in [-0.15, -0.1) is 0 Å². The van der Waals surface area contributed by atoms with Crippen molar-refractivity contribution < 1.29 is 14.6 Å². The summed E-state index contributed by atoms with van der Waals surface area (Å²) < 4.78 is 5.41. The lowest BCUT2D eigenvalue weighted by molar-refractivity contribution is -0.123. The first-order valence-electron chi connectivity index (χ1n) is 7.27. The largest absolute Gasteiger partial charge is 0.393 e. The van der Waals surface area contributed by atoms with Crippen LogP contribution in [0, 0.1) is 5.92 Å². The maximum atomic E-state index is 11.7. The number of hydrogen-bond acceptors (Lipinski definition) is 4. The molecule has 0 aromatic rings. The van der Waals surface area contributed by atoms with Crippen molar-refractivity contribution >= 4 is 5.91 Å². The zero-order chi connectivity index (χ0) is 14.3. The summed E-state index contributed by atoms with van der Waals surface area (Å²) in [4.78, 5) is 13.8. The van der Waals surface area contributed by atoms with Gasteiger partial charge in [-0.25, -0.2) is 0 Å². The molecule has 1 heterocycles. The Morgan fingerprint density at radius 3 is 2.89 bits per heavy atom. The SMILES string of the molecule is CC(C)OCCCNC(=O)CN1CCC(O)C(C)C1. The number of aliphatic hydroxyl groups excluding tert-OH is 1. The number of piperidine rings is 1. The van der Waals surface area contributed by atoms with Crippen LogP contribution in [0.5, 0.6) is 0 Å². The Morgan fingerprint density at radius 2 is 2.26 bits per heavy atom. The summed E-state index contributed by atoms with van der Waals surface area (Å²) in [5, 5.41) is 12.5. The molecule has 2 atom stereocenters. The molecule has 5 heteroatoms. The molecule has 1 fully saturated rings. The van der Waals surface area contributed by atoms with Crippen LogP contribution in [0.25, 0.3) is 0 Å². The number of nitrogens with one attached hydrogen (secondary N) is 1. The molecular formula is C14H28N2O3. The van der Waals surface area contributed by atoms with Crippen molar-refractivity contribution in [1.29, 1.82) is 0 Å². The van der Waals surface area contributed by atoms with E-state index in [9.17, 15) is 9.90 Å². The summed E-state index contributed by atoms with van der Waals surface area (Å²) in [6.45, 7) is 9.41. The average Bonchev–Trinajstić information content (AvgIpc) is 2.33. The van der Waals surface area contributed by atoms with Gasteiger partial charge in [-0.3, -0.25) is 9.69 Å². The lowest BCUT2D eigenvalue weighted by atomic mass is 9.97. The number of carbonyl (C=O) groups is 1. The number of ether oxygens (including phenoxy) is 1. The van der Waals surface area contributed by atoms with Gasteiger partial charge in [0.05, 0.1) is 18.8 Å². The second-order valence-electron chi connectivity index (χ2n) is 5.69. The van der Waals surface area contributed by atoms with E-state index in [0.29, 0.717) is 19.7 Å². The van der Waals surface area contributed by atoms with Crippen LogP contribution in [0.1, 0.15) is 33.6 Å². The maximum absolute atomic E-state index is 11.7. The minimum Gasteiger partial charge on any atom is -0.393 e. The van der Waals surface area contributed by atoms with Gasteiger partial charge in [0, 0.05) is 26.2 Å². The highest BCUT2D eigenvalue weighted by atomic mass is 16.5. The van der Waals surface area contributed by atoms with Crippen LogP contribution < -0.4 is 5.32 Å². The first-order chi connectivity index (χ1) is 8.99. The Labute approximate surface area is 116 Å². The van der Waals surface area contributed by atoms with Gasteiger partial charge in [0.15, 0.2) is 0 Å². The molecule has 5 nitrogen and oxygen atoms in total. The molecule has 0 spiro atoms. The van der Waals surface area contributed by atoms with Gasteiger partial charge in [-0.1, -0.05) is 6.92 Å². The molecule has 19 heavy (non-hydrogen) atoms. The molecule has 1 aliphatic rings. The number of hydrogen-bond donors (Lipinski definition) is 2. The van der Waals surface area contributed by atoms with Crippen LogP contribution in [0.3, 0.4) is 0 Å². The van der Waals surface area contributed by atoms with Crippen molar-refractivity contribution in [2.75, 3.05) is 32.8 Å². The van der Waals surface area contributed by atoms with Crippen LogP contribution in [-0.4, -0.2) is 60.9 Å². The Kier molecular flexibility index (Phi) is 7.34. The number of rotatable bonds is 7. The molecule has 1 rings (SSSR count). The molecule has 0 aromatic heterocycles. The minimum atomic E-state index is -0.215. The van der Waals surface area contributed by atoms with Crippen molar-refractivity contribution in [3.8, 4) is 0 Å². The van der Waals surface area contributed by atoms with E-state index in [1.165, 1.54) is 0 Å². The molecule has 1 amide bonds. The molecule has 0 aromatic carbocycles. The average molecular weight is 272 g/mol. The van der Waals surface area contributed by atoms with E-state index in [1.54, 1.807) is 0 Å².